The Morgan fingerprint density at radius 3 is 2.75 bits per heavy atom. The van der Waals surface area contributed by atoms with Gasteiger partial charge in [-0.1, -0.05) is 18.0 Å². The standard InChI is InChI=1S/C15H20ClN3O/c16-13-6-2-7-17-14(13)18-8-3-9-19(11-10-18)15(20)12-4-1-5-12/h2,6-7,12H,1,3-5,8-11H2. The number of hydrogen-bond acceptors (Lipinski definition) is 3. The van der Waals surface area contributed by atoms with E-state index in [4.69, 9.17) is 11.6 Å². The van der Waals surface area contributed by atoms with Crippen LogP contribution in [0.2, 0.25) is 5.02 Å². The van der Waals surface area contributed by atoms with E-state index in [1.165, 1.54) is 6.42 Å². The molecule has 1 saturated heterocycles. The summed E-state index contributed by atoms with van der Waals surface area (Å²) in [5.74, 6) is 1.48. The van der Waals surface area contributed by atoms with Crippen LogP contribution in [0.3, 0.4) is 0 Å². The van der Waals surface area contributed by atoms with E-state index in [2.05, 4.69) is 9.88 Å². The molecule has 0 N–H and O–H groups in total. The summed E-state index contributed by atoms with van der Waals surface area (Å²) in [6.07, 6.45) is 6.10. The number of halogens is 1. The molecule has 2 aliphatic rings. The van der Waals surface area contributed by atoms with Crippen LogP contribution in [0, 0.1) is 5.92 Å². The van der Waals surface area contributed by atoms with E-state index in [9.17, 15) is 4.79 Å². The highest BCUT2D eigenvalue weighted by Gasteiger charge is 2.30. The van der Waals surface area contributed by atoms with Crippen LogP contribution in [0.4, 0.5) is 5.82 Å². The molecule has 108 valence electrons. The van der Waals surface area contributed by atoms with Crippen molar-refractivity contribution in [3.8, 4) is 0 Å². The van der Waals surface area contributed by atoms with Gasteiger partial charge in [-0.15, -0.1) is 0 Å². The second-order valence-corrected chi connectivity index (χ2v) is 6.01. The predicted molar refractivity (Wildman–Crippen MR) is 80.0 cm³/mol. The van der Waals surface area contributed by atoms with Gasteiger partial charge in [-0.3, -0.25) is 4.79 Å². The summed E-state index contributed by atoms with van der Waals surface area (Å²) in [7, 11) is 0. The predicted octanol–water partition coefficient (Wildman–Crippen LogP) is 2.57. The Morgan fingerprint density at radius 1 is 1.20 bits per heavy atom. The molecule has 2 heterocycles. The van der Waals surface area contributed by atoms with E-state index in [1.807, 2.05) is 17.0 Å². The fourth-order valence-electron chi connectivity index (χ4n) is 2.87. The molecule has 0 aromatic carbocycles. The molecule has 1 aliphatic heterocycles. The van der Waals surface area contributed by atoms with Gasteiger partial charge in [-0.05, 0) is 31.4 Å². The summed E-state index contributed by atoms with van der Waals surface area (Å²) in [6.45, 7) is 3.36. The van der Waals surface area contributed by atoms with Crippen molar-refractivity contribution in [2.45, 2.75) is 25.7 Å². The topological polar surface area (TPSA) is 36.4 Å². The van der Waals surface area contributed by atoms with Gasteiger partial charge in [0.05, 0.1) is 5.02 Å². The lowest BCUT2D eigenvalue weighted by Crippen LogP contribution is -2.41. The number of hydrogen-bond donors (Lipinski definition) is 0. The normalized spacial score (nSPS) is 20.4. The van der Waals surface area contributed by atoms with Gasteiger partial charge in [0.25, 0.3) is 0 Å². The van der Waals surface area contributed by atoms with Crippen LogP contribution in [-0.4, -0.2) is 42.0 Å². The first-order chi connectivity index (χ1) is 9.75. The SMILES string of the molecule is O=C(C1CCC1)N1CCCN(c2ncccc2Cl)CC1. The lowest BCUT2D eigenvalue weighted by atomic mass is 9.84. The summed E-state index contributed by atoms with van der Waals surface area (Å²) >= 11 is 6.21. The second-order valence-electron chi connectivity index (χ2n) is 5.60. The number of rotatable bonds is 2. The zero-order valence-corrected chi connectivity index (χ0v) is 12.4. The van der Waals surface area contributed by atoms with Gasteiger partial charge in [-0.25, -0.2) is 4.98 Å². The molecule has 0 bridgehead atoms. The maximum Gasteiger partial charge on any atom is 0.225 e. The highest BCUT2D eigenvalue weighted by Crippen LogP contribution is 2.29. The van der Waals surface area contributed by atoms with Crippen LogP contribution in [0.5, 0.6) is 0 Å². The molecule has 1 aromatic rings. The summed E-state index contributed by atoms with van der Waals surface area (Å²) in [4.78, 5) is 20.9. The quantitative estimate of drug-likeness (QED) is 0.841. The summed E-state index contributed by atoms with van der Waals surface area (Å²) in [6, 6.07) is 3.71. The van der Waals surface area contributed by atoms with Crippen LogP contribution in [0.1, 0.15) is 25.7 Å². The van der Waals surface area contributed by atoms with Gasteiger partial charge in [-0.2, -0.15) is 0 Å². The third-order valence-electron chi connectivity index (χ3n) is 4.30. The van der Waals surface area contributed by atoms with Crippen molar-refractivity contribution in [3.05, 3.63) is 23.4 Å². The van der Waals surface area contributed by atoms with Gasteiger partial charge in [0.2, 0.25) is 5.91 Å². The number of nitrogens with zero attached hydrogens (tertiary/aromatic N) is 3. The van der Waals surface area contributed by atoms with E-state index >= 15 is 0 Å². The fourth-order valence-corrected chi connectivity index (χ4v) is 3.11. The molecule has 0 radical (unpaired) electrons. The van der Waals surface area contributed by atoms with E-state index in [0.717, 1.165) is 51.3 Å². The molecular weight excluding hydrogens is 274 g/mol. The Bertz CT molecular complexity index is 490. The lowest BCUT2D eigenvalue weighted by Gasteiger charge is -2.31. The van der Waals surface area contributed by atoms with Crippen molar-refractivity contribution >= 4 is 23.3 Å². The number of carbonyl (C=O) groups excluding carboxylic acids is 1. The number of pyridine rings is 1. The third-order valence-corrected chi connectivity index (χ3v) is 4.60. The van der Waals surface area contributed by atoms with Crippen LogP contribution >= 0.6 is 11.6 Å². The minimum Gasteiger partial charge on any atom is -0.354 e. The van der Waals surface area contributed by atoms with Crippen LogP contribution in [0.25, 0.3) is 0 Å². The van der Waals surface area contributed by atoms with Gasteiger partial charge in [0.15, 0.2) is 0 Å². The van der Waals surface area contributed by atoms with E-state index < -0.39 is 0 Å². The highest BCUT2D eigenvalue weighted by molar-refractivity contribution is 6.32. The molecule has 5 heteroatoms. The first-order valence-corrected chi connectivity index (χ1v) is 7.78. The van der Waals surface area contributed by atoms with E-state index in [1.54, 1.807) is 6.20 Å². The fraction of sp³-hybridized carbons (Fsp3) is 0.600. The molecule has 1 amide bonds. The molecule has 20 heavy (non-hydrogen) atoms. The van der Waals surface area contributed by atoms with Crippen LogP contribution in [0.15, 0.2) is 18.3 Å². The first-order valence-electron chi connectivity index (χ1n) is 7.40. The Balaban J connectivity index is 1.64. The Hall–Kier alpha value is -1.29. The number of aromatic nitrogens is 1. The van der Waals surface area contributed by atoms with Gasteiger partial charge in [0.1, 0.15) is 5.82 Å². The van der Waals surface area contributed by atoms with E-state index in [0.29, 0.717) is 16.8 Å². The summed E-state index contributed by atoms with van der Waals surface area (Å²) in [5.41, 5.74) is 0. The average Bonchev–Trinajstić information content (AvgIpc) is 2.63. The molecular formula is C15H20ClN3O. The molecule has 1 saturated carbocycles. The number of carbonyl (C=O) groups is 1. The summed E-state index contributed by atoms with van der Waals surface area (Å²) in [5, 5.41) is 0.686. The van der Waals surface area contributed by atoms with Gasteiger partial charge < -0.3 is 9.80 Å². The Morgan fingerprint density at radius 2 is 2.05 bits per heavy atom. The Labute approximate surface area is 124 Å². The molecule has 3 rings (SSSR count). The minimum absolute atomic E-state index is 0.292. The zero-order chi connectivity index (χ0) is 13.9. The lowest BCUT2D eigenvalue weighted by molar-refractivity contribution is -0.137. The van der Waals surface area contributed by atoms with Crippen molar-refractivity contribution in [1.29, 1.82) is 0 Å². The van der Waals surface area contributed by atoms with Gasteiger partial charge >= 0.3 is 0 Å². The molecule has 0 unspecified atom stereocenters. The number of anilines is 1. The maximum absolute atomic E-state index is 12.3. The molecule has 2 fully saturated rings. The average molecular weight is 294 g/mol. The van der Waals surface area contributed by atoms with Crippen molar-refractivity contribution < 1.29 is 4.79 Å². The van der Waals surface area contributed by atoms with Crippen molar-refractivity contribution in [2.24, 2.45) is 5.92 Å². The number of amides is 1. The minimum atomic E-state index is 0.292. The molecule has 1 aliphatic carbocycles. The molecule has 4 nitrogen and oxygen atoms in total. The zero-order valence-electron chi connectivity index (χ0n) is 11.6. The van der Waals surface area contributed by atoms with Gasteiger partial charge in [0, 0.05) is 38.3 Å². The maximum atomic E-state index is 12.3. The van der Waals surface area contributed by atoms with Crippen molar-refractivity contribution in [3.63, 3.8) is 0 Å². The Kier molecular flexibility index (Phi) is 4.10. The third kappa shape index (κ3) is 2.75. The highest BCUT2D eigenvalue weighted by atomic mass is 35.5. The van der Waals surface area contributed by atoms with E-state index in [-0.39, 0.29) is 0 Å². The first kappa shape index (κ1) is 13.7. The largest absolute Gasteiger partial charge is 0.354 e. The van der Waals surface area contributed by atoms with Crippen LogP contribution in [-0.2, 0) is 4.79 Å². The van der Waals surface area contributed by atoms with Crippen molar-refractivity contribution in [2.75, 3.05) is 31.1 Å². The molecule has 1 aromatic heterocycles. The smallest absolute Gasteiger partial charge is 0.225 e. The monoisotopic (exact) mass is 293 g/mol. The molecule has 0 spiro atoms. The summed E-state index contributed by atoms with van der Waals surface area (Å²) < 4.78 is 0. The molecule has 0 atom stereocenters. The van der Waals surface area contributed by atoms with Crippen LogP contribution < -0.4 is 4.90 Å². The van der Waals surface area contributed by atoms with Crippen molar-refractivity contribution in [1.82, 2.24) is 9.88 Å². The second kappa shape index (κ2) is 6.00.